The third-order valence-corrected chi connectivity index (χ3v) is 7.95. The van der Waals surface area contributed by atoms with Crippen molar-refractivity contribution in [3.8, 4) is 5.75 Å². The van der Waals surface area contributed by atoms with Gasteiger partial charge in [0.1, 0.15) is 5.75 Å². The van der Waals surface area contributed by atoms with Crippen molar-refractivity contribution in [2.75, 3.05) is 12.4 Å². The monoisotopic (exact) mass is 432 g/mol. The van der Waals surface area contributed by atoms with Gasteiger partial charge in [-0.2, -0.15) is 0 Å². The quantitative estimate of drug-likeness (QED) is 0.480. The molecule has 1 amide bonds. The van der Waals surface area contributed by atoms with Crippen LogP contribution in [-0.2, 0) is 15.6 Å². The predicted octanol–water partition coefficient (Wildman–Crippen LogP) is 4.51. The number of nitro benzene ring substituents is 1. The average Bonchev–Trinajstić information content (AvgIpc) is 3.07. The Kier molecular flexibility index (Phi) is 4.12. The highest BCUT2D eigenvalue weighted by Crippen LogP contribution is 2.70. The number of nitro groups is 1. The van der Waals surface area contributed by atoms with E-state index in [1.54, 1.807) is 19.2 Å². The van der Waals surface area contributed by atoms with Gasteiger partial charge in [-0.1, -0.05) is 26.8 Å². The van der Waals surface area contributed by atoms with E-state index in [1.165, 1.54) is 12.1 Å². The predicted molar refractivity (Wildman–Crippen MR) is 120 cm³/mol. The largest absolute Gasteiger partial charge is 0.497 e. The van der Waals surface area contributed by atoms with Crippen LogP contribution in [0.25, 0.3) is 11.0 Å². The van der Waals surface area contributed by atoms with Gasteiger partial charge >= 0.3 is 0 Å². The first-order chi connectivity index (χ1) is 15.1. The number of fused-ring (bicyclic) bond motifs is 6. The van der Waals surface area contributed by atoms with Crippen molar-refractivity contribution in [2.24, 2.45) is 5.41 Å². The maximum atomic E-state index is 13.9. The normalized spacial score (nSPS) is 24.9. The van der Waals surface area contributed by atoms with Crippen molar-refractivity contribution in [3.63, 3.8) is 0 Å². The number of rotatable bonds is 4. The van der Waals surface area contributed by atoms with Crippen LogP contribution < -0.4 is 10.1 Å². The van der Waals surface area contributed by atoms with Crippen molar-refractivity contribution in [1.29, 1.82) is 0 Å². The van der Waals surface area contributed by atoms with E-state index >= 15 is 0 Å². The highest BCUT2D eigenvalue weighted by Gasteiger charge is 2.73. The Balaban J connectivity index is 1.68. The van der Waals surface area contributed by atoms with E-state index < -0.39 is 15.8 Å². The number of carbonyl (C=O) groups excluding carboxylic acids is 1. The summed E-state index contributed by atoms with van der Waals surface area (Å²) < 4.78 is 5.28. The molecule has 2 aliphatic rings. The van der Waals surface area contributed by atoms with Gasteiger partial charge in [0, 0.05) is 29.3 Å². The van der Waals surface area contributed by atoms with Gasteiger partial charge < -0.3 is 10.1 Å². The Morgan fingerprint density at radius 3 is 2.53 bits per heavy atom. The van der Waals surface area contributed by atoms with Crippen molar-refractivity contribution < 1.29 is 14.5 Å². The lowest BCUT2D eigenvalue weighted by Gasteiger charge is -2.39. The Morgan fingerprint density at radius 1 is 1.06 bits per heavy atom. The van der Waals surface area contributed by atoms with Crippen LogP contribution in [0.2, 0.25) is 0 Å². The Bertz CT molecular complexity index is 1300. The zero-order chi connectivity index (χ0) is 22.9. The minimum atomic E-state index is -0.897. The summed E-state index contributed by atoms with van der Waals surface area (Å²) in [5.41, 5.74) is 1.39. The number of carbonyl (C=O) groups is 1. The summed E-state index contributed by atoms with van der Waals surface area (Å²) in [7, 11) is 1.58. The lowest BCUT2D eigenvalue weighted by Crippen LogP contribution is -2.48. The first-order valence-corrected chi connectivity index (χ1v) is 10.6. The molecule has 5 rings (SSSR count). The van der Waals surface area contributed by atoms with E-state index in [1.807, 2.05) is 18.2 Å². The molecule has 2 atom stereocenters. The Hall–Kier alpha value is -3.55. The molecular formula is C24H24N4O4. The number of nitrogens with zero attached hydrogens (tertiary/aromatic N) is 3. The van der Waals surface area contributed by atoms with Gasteiger partial charge in [0.15, 0.2) is 0 Å². The second-order valence-corrected chi connectivity index (χ2v) is 9.40. The number of non-ortho nitro benzene ring substituents is 1. The molecule has 2 bridgehead atoms. The molecule has 8 heteroatoms. The Morgan fingerprint density at radius 2 is 1.81 bits per heavy atom. The molecule has 2 aliphatic carbocycles. The van der Waals surface area contributed by atoms with Crippen LogP contribution in [0.15, 0.2) is 42.5 Å². The van der Waals surface area contributed by atoms with Crippen LogP contribution in [0.4, 0.5) is 11.4 Å². The molecule has 164 valence electrons. The lowest BCUT2D eigenvalue weighted by atomic mass is 9.63. The van der Waals surface area contributed by atoms with Crippen LogP contribution in [0.1, 0.15) is 45.0 Å². The number of nitrogens with one attached hydrogen (secondary N) is 1. The molecule has 1 heterocycles. The summed E-state index contributed by atoms with van der Waals surface area (Å²) in [5.74, 6) is 0.512. The molecule has 0 radical (unpaired) electrons. The molecule has 0 saturated heterocycles. The zero-order valence-electron chi connectivity index (χ0n) is 18.4. The number of anilines is 1. The summed E-state index contributed by atoms with van der Waals surface area (Å²) in [6, 6.07) is 11.7. The highest BCUT2D eigenvalue weighted by atomic mass is 16.6. The SMILES string of the molecule is COc1cccc(NC(=O)C23CCC(C)(c4nc5ccc([N+](=O)[O-])cc5nc42)C3(C)C)c1. The topological polar surface area (TPSA) is 107 Å². The standard InChI is InChI=1S/C24H24N4O4/c1-22(2)23(3)10-11-24(22,21(29)25-14-6-5-7-16(12-14)32-4)20-19(23)26-17-9-8-15(28(30)31)13-18(17)27-20/h5-9,12-13H,10-11H2,1-4H3,(H,25,29). The van der Waals surface area contributed by atoms with Crippen LogP contribution >= 0.6 is 0 Å². The number of ether oxygens (including phenoxy) is 1. The van der Waals surface area contributed by atoms with Gasteiger partial charge in [0.2, 0.25) is 5.91 Å². The maximum absolute atomic E-state index is 13.9. The Labute approximate surface area is 185 Å². The third-order valence-electron chi connectivity index (χ3n) is 7.95. The number of hydrogen-bond donors (Lipinski definition) is 1. The number of aromatic nitrogens is 2. The fourth-order valence-corrected chi connectivity index (χ4v) is 5.64. The zero-order valence-corrected chi connectivity index (χ0v) is 18.4. The minimum absolute atomic E-state index is 0.0461. The summed E-state index contributed by atoms with van der Waals surface area (Å²) in [6.07, 6.45) is 1.44. The maximum Gasteiger partial charge on any atom is 0.271 e. The van der Waals surface area contributed by atoms with Gasteiger partial charge in [-0.05, 0) is 36.5 Å². The molecule has 32 heavy (non-hydrogen) atoms. The summed E-state index contributed by atoms with van der Waals surface area (Å²) in [4.78, 5) is 34.4. The van der Waals surface area contributed by atoms with E-state index in [2.05, 4.69) is 26.1 Å². The van der Waals surface area contributed by atoms with E-state index in [0.29, 0.717) is 34.6 Å². The van der Waals surface area contributed by atoms with E-state index in [4.69, 9.17) is 14.7 Å². The van der Waals surface area contributed by atoms with Crippen molar-refractivity contribution >= 4 is 28.3 Å². The van der Waals surface area contributed by atoms with Crippen molar-refractivity contribution in [2.45, 2.75) is 44.4 Å². The van der Waals surface area contributed by atoms with Crippen LogP contribution in [0.3, 0.4) is 0 Å². The number of methoxy groups -OCH3 is 1. The molecule has 2 aromatic carbocycles. The fraction of sp³-hybridized carbons (Fsp3) is 0.375. The van der Waals surface area contributed by atoms with E-state index in [0.717, 1.165) is 12.1 Å². The molecule has 1 saturated carbocycles. The van der Waals surface area contributed by atoms with Gasteiger partial charge in [0.05, 0.1) is 39.9 Å². The van der Waals surface area contributed by atoms with Crippen LogP contribution in [-0.4, -0.2) is 27.9 Å². The molecule has 0 aliphatic heterocycles. The molecule has 0 spiro atoms. The fourth-order valence-electron chi connectivity index (χ4n) is 5.64. The second-order valence-electron chi connectivity index (χ2n) is 9.40. The number of amides is 1. The second kappa shape index (κ2) is 6.48. The lowest BCUT2D eigenvalue weighted by molar-refractivity contribution is -0.384. The van der Waals surface area contributed by atoms with E-state index in [9.17, 15) is 14.9 Å². The first kappa shape index (κ1) is 20.4. The summed E-state index contributed by atoms with van der Waals surface area (Å²) >= 11 is 0. The van der Waals surface area contributed by atoms with E-state index in [-0.39, 0.29) is 17.0 Å². The van der Waals surface area contributed by atoms with Gasteiger partial charge in [-0.3, -0.25) is 14.9 Å². The molecule has 1 fully saturated rings. The first-order valence-electron chi connectivity index (χ1n) is 10.6. The number of hydrogen-bond acceptors (Lipinski definition) is 6. The smallest absolute Gasteiger partial charge is 0.271 e. The molecule has 2 unspecified atom stereocenters. The molecule has 1 N–H and O–H groups in total. The molecule has 3 aromatic rings. The average molecular weight is 432 g/mol. The summed E-state index contributed by atoms with van der Waals surface area (Å²) in [5, 5.41) is 14.3. The molecule has 8 nitrogen and oxygen atoms in total. The minimum Gasteiger partial charge on any atom is -0.497 e. The van der Waals surface area contributed by atoms with Gasteiger partial charge in [-0.25, -0.2) is 9.97 Å². The highest BCUT2D eigenvalue weighted by molar-refractivity contribution is 6.02. The molecular weight excluding hydrogens is 408 g/mol. The number of benzene rings is 2. The van der Waals surface area contributed by atoms with Crippen molar-refractivity contribution in [3.05, 3.63) is 64.0 Å². The molecule has 1 aromatic heterocycles. The van der Waals surface area contributed by atoms with Crippen LogP contribution in [0.5, 0.6) is 5.75 Å². The summed E-state index contributed by atoms with van der Waals surface area (Å²) in [6.45, 7) is 6.34. The van der Waals surface area contributed by atoms with Gasteiger partial charge in [0.25, 0.3) is 5.69 Å². The van der Waals surface area contributed by atoms with Crippen LogP contribution in [0, 0.1) is 15.5 Å². The van der Waals surface area contributed by atoms with Crippen molar-refractivity contribution in [1.82, 2.24) is 9.97 Å². The third kappa shape index (κ3) is 2.40. The van der Waals surface area contributed by atoms with Gasteiger partial charge in [-0.15, -0.1) is 0 Å².